The van der Waals surface area contributed by atoms with E-state index in [1.807, 2.05) is 36.4 Å². The van der Waals surface area contributed by atoms with Crippen molar-refractivity contribution in [3.05, 3.63) is 52.5 Å². The van der Waals surface area contributed by atoms with E-state index in [0.29, 0.717) is 11.5 Å². The summed E-state index contributed by atoms with van der Waals surface area (Å²) >= 11 is 3.41. The molecule has 0 fully saturated rings. The maximum Gasteiger partial charge on any atom is 0.205 e. The van der Waals surface area contributed by atoms with Gasteiger partial charge in [-0.25, -0.2) is 4.98 Å². The number of nitrogens with zero attached hydrogens (tertiary/aromatic N) is 3. The number of aromatic nitrogens is 2. The van der Waals surface area contributed by atoms with E-state index in [4.69, 9.17) is 5.73 Å². The lowest BCUT2D eigenvalue weighted by Gasteiger charge is -2.08. The molecule has 5 heteroatoms. The van der Waals surface area contributed by atoms with E-state index in [9.17, 15) is 5.26 Å². The molecule has 0 saturated carbocycles. The molecule has 3 aromatic rings. The standard InChI is InChI=1S/C14H9BrN4/c15-10-5-6-13-11(7-10)18-14(17)19(13)12-4-2-1-3-9(12)8-16/h1-7H,(H2,17,18). The van der Waals surface area contributed by atoms with E-state index in [1.165, 1.54) is 0 Å². The third kappa shape index (κ3) is 1.86. The van der Waals surface area contributed by atoms with Gasteiger partial charge in [0.1, 0.15) is 6.07 Å². The summed E-state index contributed by atoms with van der Waals surface area (Å²) < 4.78 is 2.73. The Bertz CT molecular complexity index is 814. The minimum atomic E-state index is 0.371. The van der Waals surface area contributed by atoms with Gasteiger partial charge in [-0.1, -0.05) is 28.1 Å². The molecule has 0 aliphatic rings. The Balaban J connectivity index is 2.37. The molecule has 0 saturated heterocycles. The van der Waals surface area contributed by atoms with Crippen molar-refractivity contribution in [2.24, 2.45) is 0 Å². The topological polar surface area (TPSA) is 67.6 Å². The van der Waals surface area contributed by atoms with E-state index >= 15 is 0 Å². The zero-order valence-electron chi connectivity index (χ0n) is 9.84. The zero-order chi connectivity index (χ0) is 13.4. The van der Waals surface area contributed by atoms with Gasteiger partial charge < -0.3 is 5.73 Å². The number of benzene rings is 2. The van der Waals surface area contributed by atoms with Gasteiger partial charge in [0.25, 0.3) is 0 Å². The van der Waals surface area contributed by atoms with Crippen molar-refractivity contribution < 1.29 is 0 Å². The van der Waals surface area contributed by atoms with E-state index in [0.717, 1.165) is 21.2 Å². The first kappa shape index (κ1) is 11.8. The molecule has 0 amide bonds. The van der Waals surface area contributed by atoms with Crippen LogP contribution in [-0.4, -0.2) is 9.55 Å². The molecule has 0 bridgehead atoms. The number of nitrogens with two attached hydrogens (primary N) is 1. The Hall–Kier alpha value is -2.32. The number of fused-ring (bicyclic) bond motifs is 1. The number of nitrogen functional groups attached to an aromatic ring is 1. The predicted octanol–water partition coefficient (Wildman–Crippen LogP) is 3.24. The molecule has 2 aromatic carbocycles. The molecule has 1 heterocycles. The van der Waals surface area contributed by atoms with Crippen molar-refractivity contribution in [1.29, 1.82) is 5.26 Å². The van der Waals surface area contributed by atoms with Gasteiger partial charge in [-0.15, -0.1) is 0 Å². The molecule has 0 unspecified atom stereocenters. The average Bonchev–Trinajstić information content (AvgIpc) is 2.73. The molecule has 92 valence electrons. The number of para-hydroxylation sites is 1. The Labute approximate surface area is 118 Å². The Morgan fingerprint density at radius 1 is 1.21 bits per heavy atom. The minimum absolute atomic E-state index is 0.371. The average molecular weight is 313 g/mol. The van der Waals surface area contributed by atoms with Crippen LogP contribution < -0.4 is 5.73 Å². The largest absolute Gasteiger partial charge is 0.369 e. The number of halogens is 1. The first-order valence-electron chi connectivity index (χ1n) is 5.63. The number of nitriles is 1. The third-order valence-electron chi connectivity index (χ3n) is 2.91. The highest BCUT2D eigenvalue weighted by Gasteiger charge is 2.12. The molecule has 4 nitrogen and oxygen atoms in total. The molecule has 0 spiro atoms. The van der Waals surface area contributed by atoms with E-state index < -0.39 is 0 Å². The van der Waals surface area contributed by atoms with E-state index in [2.05, 4.69) is 27.0 Å². The first-order chi connectivity index (χ1) is 9.20. The van der Waals surface area contributed by atoms with Crippen LogP contribution in [0.2, 0.25) is 0 Å². The molecule has 2 N–H and O–H groups in total. The monoisotopic (exact) mass is 312 g/mol. The molecule has 0 aliphatic heterocycles. The van der Waals surface area contributed by atoms with E-state index in [-0.39, 0.29) is 0 Å². The second kappa shape index (κ2) is 4.41. The van der Waals surface area contributed by atoms with Crippen molar-refractivity contribution in [1.82, 2.24) is 9.55 Å². The number of rotatable bonds is 1. The highest BCUT2D eigenvalue weighted by Crippen LogP contribution is 2.27. The van der Waals surface area contributed by atoms with Gasteiger partial charge in [0.05, 0.1) is 22.3 Å². The fourth-order valence-corrected chi connectivity index (χ4v) is 2.44. The lowest BCUT2D eigenvalue weighted by molar-refractivity contribution is 1.10. The molecule has 0 aliphatic carbocycles. The van der Waals surface area contributed by atoms with Crippen LogP contribution in [0.15, 0.2) is 46.9 Å². The van der Waals surface area contributed by atoms with Gasteiger partial charge in [0.2, 0.25) is 5.95 Å². The summed E-state index contributed by atoms with van der Waals surface area (Å²) in [6, 6.07) is 15.3. The maximum atomic E-state index is 9.19. The molecule has 1 aromatic heterocycles. The second-order valence-electron chi connectivity index (χ2n) is 4.07. The summed E-state index contributed by atoms with van der Waals surface area (Å²) in [7, 11) is 0. The fourth-order valence-electron chi connectivity index (χ4n) is 2.09. The SMILES string of the molecule is N#Cc1ccccc1-n1c(N)nc2cc(Br)ccc21. The molecule has 0 radical (unpaired) electrons. The van der Waals surface area contributed by atoms with Crippen LogP contribution in [0.4, 0.5) is 5.95 Å². The summed E-state index contributed by atoms with van der Waals surface area (Å²) in [5.41, 5.74) is 8.96. The molecular weight excluding hydrogens is 304 g/mol. The molecular formula is C14H9BrN4. The van der Waals surface area contributed by atoms with Crippen molar-refractivity contribution in [2.75, 3.05) is 5.73 Å². The molecule has 19 heavy (non-hydrogen) atoms. The second-order valence-corrected chi connectivity index (χ2v) is 4.98. The van der Waals surface area contributed by atoms with Crippen molar-refractivity contribution in [3.8, 4) is 11.8 Å². The van der Waals surface area contributed by atoms with Crippen LogP contribution in [0.3, 0.4) is 0 Å². The minimum Gasteiger partial charge on any atom is -0.369 e. The first-order valence-corrected chi connectivity index (χ1v) is 6.43. The number of imidazole rings is 1. The summed E-state index contributed by atoms with van der Waals surface area (Å²) in [5, 5.41) is 9.19. The predicted molar refractivity (Wildman–Crippen MR) is 77.9 cm³/mol. The van der Waals surface area contributed by atoms with Crippen LogP contribution in [0.25, 0.3) is 16.7 Å². The van der Waals surface area contributed by atoms with Crippen LogP contribution in [-0.2, 0) is 0 Å². The van der Waals surface area contributed by atoms with Gasteiger partial charge in [-0.2, -0.15) is 5.26 Å². The Morgan fingerprint density at radius 2 is 2.00 bits per heavy atom. The Kier molecular flexibility index (Phi) is 2.73. The summed E-state index contributed by atoms with van der Waals surface area (Å²) in [6.07, 6.45) is 0. The normalized spacial score (nSPS) is 10.5. The zero-order valence-corrected chi connectivity index (χ0v) is 11.4. The van der Waals surface area contributed by atoms with Crippen LogP contribution in [0.1, 0.15) is 5.56 Å². The third-order valence-corrected chi connectivity index (χ3v) is 3.40. The summed E-state index contributed by atoms with van der Waals surface area (Å²) in [5.74, 6) is 0.371. The number of anilines is 1. The Morgan fingerprint density at radius 3 is 2.79 bits per heavy atom. The van der Waals surface area contributed by atoms with Crippen molar-refractivity contribution in [2.45, 2.75) is 0 Å². The number of hydrogen-bond acceptors (Lipinski definition) is 3. The quantitative estimate of drug-likeness (QED) is 0.750. The van der Waals surface area contributed by atoms with E-state index in [1.54, 1.807) is 10.6 Å². The van der Waals surface area contributed by atoms with Gasteiger partial charge in [0, 0.05) is 4.47 Å². The smallest absolute Gasteiger partial charge is 0.205 e. The van der Waals surface area contributed by atoms with Gasteiger partial charge in [-0.3, -0.25) is 4.57 Å². The lowest BCUT2D eigenvalue weighted by atomic mass is 10.2. The number of hydrogen-bond donors (Lipinski definition) is 1. The molecule has 3 rings (SSSR count). The van der Waals surface area contributed by atoms with Gasteiger partial charge in [0.15, 0.2) is 0 Å². The van der Waals surface area contributed by atoms with Crippen LogP contribution in [0.5, 0.6) is 0 Å². The fraction of sp³-hybridized carbons (Fsp3) is 0. The van der Waals surface area contributed by atoms with Crippen LogP contribution in [0, 0.1) is 11.3 Å². The maximum absolute atomic E-state index is 9.19. The highest BCUT2D eigenvalue weighted by atomic mass is 79.9. The van der Waals surface area contributed by atoms with Crippen LogP contribution >= 0.6 is 15.9 Å². The van der Waals surface area contributed by atoms with Crippen molar-refractivity contribution >= 4 is 32.9 Å². The van der Waals surface area contributed by atoms with Crippen molar-refractivity contribution in [3.63, 3.8) is 0 Å². The van der Waals surface area contributed by atoms with Gasteiger partial charge >= 0.3 is 0 Å². The van der Waals surface area contributed by atoms with Gasteiger partial charge in [-0.05, 0) is 30.3 Å². The summed E-state index contributed by atoms with van der Waals surface area (Å²) in [4.78, 5) is 4.33. The summed E-state index contributed by atoms with van der Waals surface area (Å²) in [6.45, 7) is 0. The molecule has 0 atom stereocenters. The lowest BCUT2D eigenvalue weighted by Crippen LogP contribution is -2.02. The highest BCUT2D eigenvalue weighted by molar-refractivity contribution is 9.10.